The zero-order chi connectivity index (χ0) is 14.2. The van der Waals surface area contributed by atoms with Gasteiger partial charge < -0.3 is 0 Å². The number of amides is 1. The molecule has 2 saturated carbocycles. The SMILES string of the molecule is O=C1NS(=O)(=O)C2(CCCCCC/C=C\[C@@H]3C[C@H]13)CC2. The van der Waals surface area contributed by atoms with Crippen LogP contribution in [0.2, 0.25) is 0 Å². The normalized spacial score (nSPS) is 37.3. The number of rotatable bonds is 0. The molecule has 1 amide bonds. The van der Waals surface area contributed by atoms with E-state index >= 15 is 0 Å². The first kappa shape index (κ1) is 14.1. The molecule has 0 saturated heterocycles. The number of carbonyl (C=O) groups is 1. The minimum absolute atomic E-state index is 0.125. The van der Waals surface area contributed by atoms with Gasteiger partial charge in [0.15, 0.2) is 0 Å². The van der Waals surface area contributed by atoms with E-state index in [0.717, 1.165) is 25.7 Å². The maximum atomic E-state index is 12.4. The summed E-state index contributed by atoms with van der Waals surface area (Å²) in [6.07, 6.45) is 12.6. The van der Waals surface area contributed by atoms with Crippen molar-refractivity contribution in [3.63, 3.8) is 0 Å². The molecule has 2 aliphatic carbocycles. The lowest BCUT2D eigenvalue weighted by atomic mass is 10.1. The number of hydrogen-bond acceptors (Lipinski definition) is 3. The van der Waals surface area contributed by atoms with Crippen molar-refractivity contribution in [2.24, 2.45) is 11.8 Å². The zero-order valence-electron chi connectivity index (χ0n) is 11.8. The number of allylic oxidation sites excluding steroid dienone is 2. The van der Waals surface area contributed by atoms with Gasteiger partial charge in [-0.15, -0.1) is 0 Å². The maximum Gasteiger partial charge on any atom is 0.240 e. The van der Waals surface area contributed by atoms with E-state index in [1.54, 1.807) is 0 Å². The Hall–Kier alpha value is -0.840. The van der Waals surface area contributed by atoms with Crippen LogP contribution in [-0.2, 0) is 14.8 Å². The number of hydrogen-bond donors (Lipinski definition) is 1. The smallest absolute Gasteiger partial charge is 0.240 e. The summed E-state index contributed by atoms with van der Waals surface area (Å²) in [5.41, 5.74) is 0. The molecule has 1 heterocycles. The first-order chi connectivity index (χ1) is 9.54. The summed E-state index contributed by atoms with van der Waals surface area (Å²) in [6, 6.07) is 0. The van der Waals surface area contributed by atoms with Gasteiger partial charge in [0.05, 0.1) is 4.75 Å². The second-order valence-electron chi connectivity index (χ2n) is 6.54. The van der Waals surface area contributed by atoms with E-state index in [4.69, 9.17) is 0 Å². The molecule has 0 unspecified atom stereocenters. The summed E-state index contributed by atoms with van der Waals surface area (Å²) in [5.74, 6) is -0.161. The number of nitrogens with one attached hydrogen (secondary N) is 1. The summed E-state index contributed by atoms with van der Waals surface area (Å²) in [7, 11) is -3.48. The zero-order valence-corrected chi connectivity index (χ0v) is 12.6. The van der Waals surface area contributed by atoms with Gasteiger partial charge in [-0.05, 0) is 44.4 Å². The highest BCUT2D eigenvalue weighted by atomic mass is 32.2. The van der Waals surface area contributed by atoms with Crippen molar-refractivity contribution in [2.45, 2.75) is 62.5 Å². The van der Waals surface area contributed by atoms with Crippen molar-refractivity contribution in [3.05, 3.63) is 12.2 Å². The van der Waals surface area contributed by atoms with Crippen molar-refractivity contribution in [1.82, 2.24) is 4.72 Å². The molecule has 0 aromatic rings. The second kappa shape index (κ2) is 5.17. The Morgan fingerprint density at radius 2 is 1.85 bits per heavy atom. The largest absolute Gasteiger partial charge is 0.274 e. The summed E-state index contributed by atoms with van der Waals surface area (Å²) in [5, 5.41) is 0. The first-order valence-electron chi connectivity index (χ1n) is 7.77. The molecule has 0 bridgehead atoms. The Bertz CT molecular complexity index is 519. The second-order valence-corrected chi connectivity index (χ2v) is 8.62. The Balaban J connectivity index is 1.72. The molecule has 20 heavy (non-hydrogen) atoms. The van der Waals surface area contributed by atoms with Crippen molar-refractivity contribution >= 4 is 15.9 Å². The van der Waals surface area contributed by atoms with Crippen LogP contribution in [0.15, 0.2) is 12.2 Å². The number of sulfonamides is 1. The van der Waals surface area contributed by atoms with E-state index in [0.29, 0.717) is 19.3 Å². The lowest BCUT2D eigenvalue weighted by molar-refractivity contribution is -0.120. The van der Waals surface area contributed by atoms with Crippen molar-refractivity contribution in [2.75, 3.05) is 0 Å². The van der Waals surface area contributed by atoms with Crippen LogP contribution in [0.1, 0.15) is 57.8 Å². The van der Waals surface area contributed by atoms with Gasteiger partial charge in [0.2, 0.25) is 15.9 Å². The molecule has 0 aromatic carbocycles. The highest BCUT2D eigenvalue weighted by molar-refractivity contribution is 7.91. The van der Waals surface area contributed by atoms with Crippen LogP contribution in [0.5, 0.6) is 0 Å². The molecule has 2 fully saturated rings. The van der Waals surface area contributed by atoms with E-state index in [1.165, 1.54) is 12.8 Å². The first-order valence-corrected chi connectivity index (χ1v) is 9.25. The van der Waals surface area contributed by atoms with Gasteiger partial charge in [-0.2, -0.15) is 0 Å². The van der Waals surface area contributed by atoms with Gasteiger partial charge in [0.25, 0.3) is 0 Å². The predicted molar refractivity (Wildman–Crippen MR) is 77.5 cm³/mol. The molecule has 1 spiro atoms. The van der Waals surface area contributed by atoms with Crippen LogP contribution in [0.25, 0.3) is 0 Å². The van der Waals surface area contributed by atoms with Gasteiger partial charge in [-0.1, -0.05) is 31.4 Å². The van der Waals surface area contributed by atoms with Gasteiger partial charge in [-0.25, -0.2) is 8.42 Å². The summed E-state index contributed by atoms with van der Waals surface area (Å²) < 4.78 is 26.5. The molecule has 3 rings (SSSR count). The summed E-state index contributed by atoms with van der Waals surface area (Å²) in [4.78, 5) is 12.0. The van der Waals surface area contributed by atoms with E-state index in [9.17, 15) is 13.2 Å². The quantitative estimate of drug-likeness (QED) is 0.699. The lowest BCUT2D eigenvalue weighted by Crippen LogP contribution is -2.40. The van der Waals surface area contributed by atoms with Crippen LogP contribution in [0, 0.1) is 11.8 Å². The molecule has 1 aliphatic heterocycles. The predicted octanol–water partition coefficient (Wildman–Crippen LogP) is 2.51. The van der Waals surface area contributed by atoms with Crippen LogP contribution >= 0.6 is 0 Å². The van der Waals surface area contributed by atoms with Gasteiger partial charge in [0, 0.05) is 5.92 Å². The van der Waals surface area contributed by atoms with Gasteiger partial charge in [0.1, 0.15) is 0 Å². The number of fused-ring (bicyclic) bond motifs is 1. The van der Waals surface area contributed by atoms with Crippen molar-refractivity contribution < 1.29 is 13.2 Å². The van der Waals surface area contributed by atoms with Crippen LogP contribution < -0.4 is 4.72 Å². The van der Waals surface area contributed by atoms with Gasteiger partial charge in [-0.3, -0.25) is 9.52 Å². The molecule has 1 N–H and O–H groups in total. The Morgan fingerprint density at radius 3 is 2.60 bits per heavy atom. The van der Waals surface area contributed by atoms with Crippen LogP contribution in [0.4, 0.5) is 0 Å². The standard InChI is InChI=1S/C15H23NO3S/c17-14-13-11-12(13)7-5-3-1-2-4-6-8-15(9-10-15)20(18,19)16-14/h5,7,12-13H,1-4,6,8-11H2,(H,16,17)/b7-5-/t12-,13+/m1/s1. The molecule has 0 aromatic heterocycles. The Morgan fingerprint density at radius 1 is 1.10 bits per heavy atom. The van der Waals surface area contributed by atoms with Crippen molar-refractivity contribution in [1.29, 1.82) is 0 Å². The summed E-state index contributed by atoms with van der Waals surface area (Å²) >= 11 is 0. The fourth-order valence-corrected chi connectivity index (χ4v) is 4.86. The highest BCUT2D eigenvalue weighted by Gasteiger charge is 2.55. The molecule has 2 atom stereocenters. The molecule has 4 nitrogen and oxygen atoms in total. The Kier molecular flexibility index (Phi) is 3.65. The topological polar surface area (TPSA) is 63.2 Å². The average Bonchev–Trinajstić information content (AvgIpc) is 3.24. The van der Waals surface area contributed by atoms with Crippen LogP contribution in [0.3, 0.4) is 0 Å². The maximum absolute atomic E-state index is 12.4. The number of carbonyl (C=O) groups excluding carboxylic acids is 1. The van der Waals surface area contributed by atoms with E-state index < -0.39 is 14.8 Å². The van der Waals surface area contributed by atoms with Crippen molar-refractivity contribution in [3.8, 4) is 0 Å². The average molecular weight is 297 g/mol. The fourth-order valence-electron chi connectivity index (χ4n) is 3.17. The minimum Gasteiger partial charge on any atom is -0.274 e. The van der Waals surface area contributed by atoms with Gasteiger partial charge >= 0.3 is 0 Å². The van der Waals surface area contributed by atoms with E-state index in [-0.39, 0.29) is 17.7 Å². The minimum atomic E-state index is -3.48. The summed E-state index contributed by atoms with van der Waals surface area (Å²) in [6.45, 7) is 0. The highest BCUT2D eigenvalue weighted by Crippen LogP contribution is 2.48. The molecular formula is C15H23NO3S. The van der Waals surface area contributed by atoms with Crippen LogP contribution in [-0.4, -0.2) is 19.1 Å². The Labute approximate surface area is 121 Å². The fraction of sp³-hybridized carbons (Fsp3) is 0.800. The van der Waals surface area contributed by atoms with E-state index in [2.05, 4.69) is 16.9 Å². The molecule has 5 heteroatoms. The monoisotopic (exact) mass is 297 g/mol. The third-order valence-corrected chi connectivity index (χ3v) is 7.15. The molecule has 0 radical (unpaired) electrons. The molecule has 3 aliphatic rings. The molecule has 112 valence electrons. The molecular weight excluding hydrogens is 274 g/mol. The lowest BCUT2D eigenvalue weighted by Gasteiger charge is -2.17. The third kappa shape index (κ3) is 2.78. The van der Waals surface area contributed by atoms with E-state index in [1.807, 2.05) is 0 Å². The third-order valence-electron chi connectivity index (χ3n) is 4.93.